The lowest BCUT2D eigenvalue weighted by Crippen LogP contribution is -2.42. The van der Waals surface area contributed by atoms with E-state index in [2.05, 4.69) is 5.32 Å². The molecule has 3 unspecified atom stereocenters. The van der Waals surface area contributed by atoms with Crippen molar-refractivity contribution in [3.8, 4) is 0 Å². The van der Waals surface area contributed by atoms with Crippen LogP contribution < -0.4 is 5.32 Å². The summed E-state index contributed by atoms with van der Waals surface area (Å²) in [4.78, 5) is 23.3. The molecular formula is C17H23NO4. The van der Waals surface area contributed by atoms with E-state index >= 15 is 0 Å². The molecule has 5 nitrogen and oxygen atoms in total. The third kappa shape index (κ3) is 5.15. The minimum absolute atomic E-state index is 0.123. The molecule has 5 heteroatoms. The first-order chi connectivity index (χ1) is 10.5. The lowest BCUT2D eigenvalue weighted by atomic mass is 10.1. The summed E-state index contributed by atoms with van der Waals surface area (Å²) in [5.74, 6) is -1.24. The van der Waals surface area contributed by atoms with Crippen molar-refractivity contribution in [3.63, 3.8) is 0 Å². The number of hydrogen-bond donors (Lipinski definition) is 2. The van der Waals surface area contributed by atoms with Gasteiger partial charge in [0.2, 0.25) is 5.91 Å². The van der Waals surface area contributed by atoms with Gasteiger partial charge in [0.05, 0.1) is 12.2 Å². The molecule has 1 heterocycles. The van der Waals surface area contributed by atoms with Crippen LogP contribution in [0.5, 0.6) is 0 Å². The molecule has 2 rings (SSSR count). The molecule has 120 valence electrons. The van der Waals surface area contributed by atoms with Gasteiger partial charge in [0.15, 0.2) is 0 Å². The van der Waals surface area contributed by atoms with Crippen molar-refractivity contribution in [1.82, 2.24) is 5.32 Å². The fourth-order valence-corrected chi connectivity index (χ4v) is 2.71. The number of carboxylic acids is 1. The molecule has 1 aliphatic heterocycles. The van der Waals surface area contributed by atoms with Crippen LogP contribution in [0.15, 0.2) is 30.3 Å². The van der Waals surface area contributed by atoms with Crippen LogP contribution in [0.2, 0.25) is 0 Å². The van der Waals surface area contributed by atoms with Crippen molar-refractivity contribution in [3.05, 3.63) is 35.9 Å². The molecule has 0 aromatic heterocycles. The first-order valence-corrected chi connectivity index (χ1v) is 7.76. The Morgan fingerprint density at radius 1 is 1.32 bits per heavy atom. The van der Waals surface area contributed by atoms with Crippen molar-refractivity contribution in [2.45, 2.75) is 57.3 Å². The molecule has 1 amide bonds. The predicted molar refractivity (Wildman–Crippen MR) is 82.5 cm³/mol. The van der Waals surface area contributed by atoms with Crippen molar-refractivity contribution < 1.29 is 19.4 Å². The number of ether oxygens (including phenoxy) is 1. The zero-order valence-electron chi connectivity index (χ0n) is 12.8. The summed E-state index contributed by atoms with van der Waals surface area (Å²) in [6, 6.07) is 8.41. The Balaban J connectivity index is 1.80. The van der Waals surface area contributed by atoms with Crippen LogP contribution in [0.25, 0.3) is 0 Å². The number of nitrogens with one attached hydrogen (secondary N) is 1. The van der Waals surface area contributed by atoms with E-state index in [4.69, 9.17) is 4.74 Å². The molecule has 0 radical (unpaired) electrons. The van der Waals surface area contributed by atoms with Gasteiger partial charge in [0.1, 0.15) is 6.04 Å². The van der Waals surface area contributed by atoms with Crippen LogP contribution in [0, 0.1) is 0 Å². The zero-order chi connectivity index (χ0) is 15.9. The number of rotatable bonds is 7. The van der Waals surface area contributed by atoms with Crippen LogP contribution in [0.1, 0.15) is 38.2 Å². The molecule has 0 spiro atoms. The van der Waals surface area contributed by atoms with Gasteiger partial charge in [-0.1, -0.05) is 30.3 Å². The average Bonchev–Trinajstić information content (AvgIpc) is 2.91. The largest absolute Gasteiger partial charge is 0.480 e. The maximum atomic E-state index is 12.0. The van der Waals surface area contributed by atoms with E-state index < -0.39 is 12.0 Å². The molecule has 1 aliphatic rings. The smallest absolute Gasteiger partial charge is 0.326 e. The summed E-state index contributed by atoms with van der Waals surface area (Å²) in [5, 5.41) is 11.9. The number of aliphatic carboxylic acids is 1. The third-order valence-corrected chi connectivity index (χ3v) is 3.93. The molecule has 0 aliphatic carbocycles. The second-order valence-electron chi connectivity index (χ2n) is 5.83. The standard InChI is InChI=1S/C17H23NO4/c1-12-7-8-14(22-12)9-10-16(19)18-15(17(20)21)11-13-5-3-2-4-6-13/h2-6,12,14-15H,7-11H2,1H3,(H,18,19)(H,20,21). The zero-order valence-corrected chi connectivity index (χ0v) is 12.8. The predicted octanol–water partition coefficient (Wildman–Crippen LogP) is 2.15. The first kappa shape index (κ1) is 16.5. The van der Waals surface area contributed by atoms with Crippen molar-refractivity contribution in [1.29, 1.82) is 0 Å². The Labute approximate surface area is 130 Å². The fourth-order valence-electron chi connectivity index (χ4n) is 2.71. The Hall–Kier alpha value is -1.88. The van der Waals surface area contributed by atoms with Crippen LogP contribution in [0.3, 0.4) is 0 Å². The van der Waals surface area contributed by atoms with E-state index in [-0.39, 0.29) is 18.1 Å². The summed E-state index contributed by atoms with van der Waals surface area (Å²) < 4.78 is 5.66. The van der Waals surface area contributed by atoms with Gasteiger partial charge in [0.25, 0.3) is 0 Å². The molecular weight excluding hydrogens is 282 g/mol. The van der Waals surface area contributed by atoms with Gasteiger partial charge in [-0.25, -0.2) is 4.79 Å². The van der Waals surface area contributed by atoms with E-state index in [1.165, 1.54) is 0 Å². The number of carbonyl (C=O) groups excluding carboxylic acids is 1. The molecule has 0 saturated carbocycles. The van der Waals surface area contributed by atoms with Gasteiger partial charge >= 0.3 is 5.97 Å². The second kappa shape index (κ2) is 7.94. The quantitative estimate of drug-likeness (QED) is 0.809. The SMILES string of the molecule is CC1CCC(CCC(=O)NC(Cc2ccccc2)C(=O)O)O1. The van der Waals surface area contributed by atoms with Crippen molar-refractivity contribution in [2.75, 3.05) is 0 Å². The monoisotopic (exact) mass is 305 g/mol. The molecule has 3 atom stereocenters. The number of hydrogen-bond acceptors (Lipinski definition) is 3. The highest BCUT2D eigenvalue weighted by atomic mass is 16.5. The number of carboxylic acid groups (broad SMARTS) is 1. The Morgan fingerprint density at radius 2 is 2.05 bits per heavy atom. The highest BCUT2D eigenvalue weighted by Gasteiger charge is 2.24. The van der Waals surface area contributed by atoms with Crippen LogP contribution in [-0.4, -0.2) is 35.2 Å². The van der Waals surface area contributed by atoms with Crippen molar-refractivity contribution >= 4 is 11.9 Å². The van der Waals surface area contributed by atoms with Gasteiger partial charge in [-0.2, -0.15) is 0 Å². The van der Waals surface area contributed by atoms with Gasteiger partial charge in [-0.05, 0) is 31.7 Å². The minimum atomic E-state index is -1.01. The van der Waals surface area contributed by atoms with E-state index in [1.54, 1.807) is 0 Å². The highest BCUT2D eigenvalue weighted by Crippen LogP contribution is 2.22. The van der Waals surface area contributed by atoms with Gasteiger partial charge in [-0.15, -0.1) is 0 Å². The molecule has 22 heavy (non-hydrogen) atoms. The number of carbonyl (C=O) groups is 2. The maximum absolute atomic E-state index is 12.0. The van der Waals surface area contributed by atoms with Crippen LogP contribution in [0.4, 0.5) is 0 Å². The summed E-state index contributed by atoms with van der Waals surface area (Å²) in [5.41, 5.74) is 0.892. The molecule has 0 bridgehead atoms. The lowest BCUT2D eigenvalue weighted by Gasteiger charge is -2.16. The van der Waals surface area contributed by atoms with Gasteiger partial charge in [0, 0.05) is 12.8 Å². The second-order valence-corrected chi connectivity index (χ2v) is 5.83. The van der Waals surface area contributed by atoms with Crippen LogP contribution >= 0.6 is 0 Å². The van der Waals surface area contributed by atoms with E-state index in [1.807, 2.05) is 37.3 Å². The maximum Gasteiger partial charge on any atom is 0.326 e. The van der Waals surface area contributed by atoms with E-state index in [9.17, 15) is 14.7 Å². The summed E-state index contributed by atoms with van der Waals surface area (Å²) >= 11 is 0. The van der Waals surface area contributed by atoms with E-state index in [0.717, 1.165) is 18.4 Å². The third-order valence-electron chi connectivity index (χ3n) is 3.93. The van der Waals surface area contributed by atoms with E-state index in [0.29, 0.717) is 19.3 Å². The number of amides is 1. The highest BCUT2D eigenvalue weighted by molar-refractivity contribution is 5.83. The van der Waals surface area contributed by atoms with Crippen LogP contribution in [-0.2, 0) is 20.7 Å². The minimum Gasteiger partial charge on any atom is -0.480 e. The summed E-state index contributed by atoms with van der Waals surface area (Å²) in [6.45, 7) is 2.03. The summed E-state index contributed by atoms with van der Waals surface area (Å²) in [7, 11) is 0. The molecule has 1 aromatic rings. The number of benzene rings is 1. The van der Waals surface area contributed by atoms with Gasteiger partial charge in [-0.3, -0.25) is 4.79 Å². The Morgan fingerprint density at radius 3 is 2.64 bits per heavy atom. The van der Waals surface area contributed by atoms with Crippen molar-refractivity contribution in [2.24, 2.45) is 0 Å². The molecule has 1 saturated heterocycles. The topological polar surface area (TPSA) is 75.6 Å². The molecule has 1 aromatic carbocycles. The average molecular weight is 305 g/mol. The lowest BCUT2D eigenvalue weighted by molar-refractivity contribution is -0.141. The Kier molecular flexibility index (Phi) is 5.95. The fraction of sp³-hybridized carbons (Fsp3) is 0.529. The first-order valence-electron chi connectivity index (χ1n) is 7.76. The Bertz CT molecular complexity index is 503. The molecule has 1 fully saturated rings. The normalized spacial score (nSPS) is 22.2. The summed E-state index contributed by atoms with van der Waals surface area (Å²) in [6.07, 6.45) is 3.62. The van der Waals surface area contributed by atoms with Gasteiger partial charge < -0.3 is 15.2 Å². The molecule has 2 N–H and O–H groups in total.